The fourth-order valence-electron chi connectivity index (χ4n) is 2.26. The van der Waals surface area contributed by atoms with E-state index in [2.05, 4.69) is 9.97 Å². The molecule has 0 spiro atoms. The van der Waals surface area contributed by atoms with Crippen LogP contribution in [0, 0.1) is 0 Å². The van der Waals surface area contributed by atoms with Gasteiger partial charge in [0, 0.05) is 11.8 Å². The van der Waals surface area contributed by atoms with E-state index in [9.17, 15) is 4.79 Å². The Balaban J connectivity index is 2.14. The highest BCUT2D eigenvalue weighted by Crippen LogP contribution is 2.36. The Bertz CT molecular complexity index is 895. The van der Waals surface area contributed by atoms with Crippen LogP contribution in [0.25, 0.3) is 21.8 Å². The van der Waals surface area contributed by atoms with Crippen molar-refractivity contribution in [1.29, 1.82) is 0 Å². The molecule has 0 aliphatic rings. The number of thiazole rings is 1. The van der Waals surface area contributed by atoms with Crippen molar-refractivity contribution in [2.75, 3.05) is 7.11 Å². The smallest absolute Gasteiger partial charge is 0.337 e. The Hall–Kier alpha value is -2.31. The third kappa shape index (κ3) is 3.29. The zero-order chi connectivity index (χ0) is 17.1. The van der Waals surface area contributed by atoms with Gasteiger partial charge in [0.15, 0.2) is 0 Å². The van der Waals surface area contributed by atoms with E-state index < -0.39 is 0 Å². The number of carbonyl (C=O) groups excluding carboxylic acids is 1. The zero-order valence-electron chi connectivity index (χ0n) is 13.1. The number of aryl methyl sites for hydroxylation is 1. The van der Waals surface area contributed by atoms with E-state index in [0.29, 0.717) is 11.3 Å². The largest absolute Gasteiger partial charge is 0.465 e. The summed E-state index contributed by atoms with van der Waals surface area (Å²) in [4.78, 5) is 25.6. The second-order valence-electron chi connectivity index (χ2n) is 4.92. The Labute approximate surface area is 148 Å². The molecule has 122 valence electrons. The van der Waals surface area contributed by atoms with Crippen LogP contribution in [0.5, 0.6) is 0 Å². The summed E-state index contributed by atoms with van der Waals surface area (Å²) < 4.78 is 4.79. The maximum Gasteiger partial charge on any atom is 0.337 e. The number of halogens is 1. The number of nitrogens with zero attached hydrogens (tertiary/aromatic N) is 3. The molecule has 0 amide bonds. The van der Waals surface area contributed by atoms with Gasteiger partial charge in [0.25, 0.3) is 0 Å². The summed E-state index contributed by atoms with van der Waals surface area (Å²) in [7, 11) is 1.36. The van der Waals surface area contributed by atoms with Crippen LogP contribution >= 0.6 is 22.9 Å². The maximum atomic E-state index is 11.8. The number of hydrogen-bond acceptors (Lipinski definition) is 6. The molecular formula is C17H14ClN3O2S. The van der Waals surface area contributed by atoms with Crippen molar-refractivity contribution in [2.45, 2.75) is 13.3 Å². The molecule has 0 N–H and O–H groups in total. The molecule has 0 unspecified atom stereocenters. The van der Waals surface area contributed by atoms with E-state index in [1.54, 1.807) is 35.7 Å². The first-order valence-corrected chi connectivity index (χ1v) is 8.49. The summed E-state index contributed by atoms with van der Waals surface area (Å²) in [6, 6.07) is 9.00. The number of methoxy groups -OCH3 is 1. The molecule has 0 atom stereocenters. The van der Waals surface area contributed by atoms with Crippen molar-refractivity contribution >= 4 is 28.9 Å². The minimum atomic E-state index is -0.380. The van der Waals surface area contributed by atoms with Crippen LogP contribution in [-0.4, -0.2) is 28.0 Å². The van der Waals surface area contributed by atoms with Crippen LogP contribution in [0.1, 0.15) is 22.3 Å². The first-order chi connectivity index (χ1) is 11.6. The first kappa shape index (κ1) is 16.5. The predicted octanol–water partition coefficient (Wildman–Crippen LogP) is 4.27. The number of carbonyl (C=O) groups is 1. The molecule has 0 saturated heterocycles. The van der Waals surface area contributed by atoms with Crippen molar-refractivity contribution in [3.05, 3.63) is 52.4 Å². The standard InChI is InChI=1S/C17H14ClN3O2S/c1-3-13-21-14(10-5-4-6-11(9-10)16(22)23-2)15(24-13)12-7-8-19-17(18)20-12/h4-9H,3H2,1-2H3. The van der Waals surface area contributed by atoms with Gasteiger partial charge in [-0.1, -0.05) is 19.1 Å². The van der Waals surface area contributed by atoms with Gasteiger partial charge in [-0.15, -0.1) is 11.3 Å². The number of esters is 1. The highest BCUT2D eigenvalue weighted by Gasteiger charge is 2.17. The topological polar surface area (TPSA) is 65.0 Å². The van der Waals surface area contributed by atoms with Crippen LogP contribution in [0.15, 0.2) is 36.5 Å². The van der Waals surface area contributed by atoms with Gasteiger partial charge in [-0.3, -0.25) is 0 Å². The molecular weight excluding hydrogens is 346 g/mol. The average molecular weight is 360 g/mol. The molecule has 5 nitrogen and oxygen atoms in total. The van der Waals surface area contributed by atoms with Gasteiger partial charge < -0.3 is 4.74 Å². The van der Waals surface area contributed by atoms with E-state index in [1.807, 2.05) is 19.1 Å². The van der Waals surface area contributed by atoms with Crippen LogP contribution in [0.4, 0.5) is 0 Å². The summed E-state index contributed by atoms with van der Waals surface area (Å²) in [6.45, 7) is 2.05. The van der Waals surface area contributed by atoms with Gasteiger partial charge in [-0.05, 0) is 36.2 Å². The number of ether oxygens (including phenoxy) is 1. The number of aromatic nitrogens is 3. The summed E-state index contributed by atoms with van der Waals surface area (Å²) in [6.07, 6.45) is 2.43. The highest BCUT2D eigenvalue weighted by atomic mass is 35.5. The first-order valence-electron chi connectivity index (χ1n) is 7.29. The summed E-state index contributed by atoms with van der Waals surface area (Å²) in [5.41, 5.74) is 2.80. The normalized spacial score (nSPS) is 10.6. The molecule has 0 bridgehead atoms. The minimum Gasteiger partial charge on any atom is -0.465 e. The van der Waals surface area contributed by atoms with Gasteiger partial charge in [0.05, 0.1) is 33.9 Å². The molecule has 0 aliphatic heterocycles. The molecule has 3 aromatic rings. The number of rotatable bonds is 4. The lowest BCUT2D eigenvalue weighted by Crippen LogP contribution is -2.01. The summed E-state index contributed by atoms with van der Waals surface area (Å²) in [5, 5.41) is 1.17. The van der Waals surface area contributed by atoms with E-state index in [-0.39, 0.29) is 11.3 Å². The molecule has 1 aromatic carbocycles. The van der Waals surface area contributed by atoms with Crippen molar-refractivity contribution in [2.24, 2.45) is 0 Å². The molecule has 2 heterocycles. The zero-order valence-corrected chi connectivity index (χ0v) is 14.7. The van der Waals surface area contributed by atoms with E-state index >= 15 is 0 Å². The monoisotopic (exact) mass is 359 g/mol. The van der Waals surface area contributed by atoms with E-state index in [4.69, 9.17) is 21.3 Å². The van der Waals surface area contributed by atoms with Gasteiger partial charge >= 0.3 is 5.97 Å². The van der Waals surface area contributed by atoms with Crippen molar-refractivity contribution < 1.29 is 9.53 Å². The van der Waals surface area contributed by atoms with Gasteiger partial charge in [0.2, 0.25) is 5.28 Å². The van der Waals surface area contributed by atoms with Crippen molar-refractivity contribution in [3.63, 3.8) is 0 Å². The summed E-state index contributed by atoms with van der Waals surface area (Å²) >= 11 is 7.48. The number of hydrogen-bond donors (Lipinski definition) is 0. The fourth-order valence-corrected chi connectivity index (χ4v) is 3.40. The van der Waals surface area contributed by atoms with Crippen LogP contribution in [0.3, 0.4) is 0 Å². The molecule has 0 radical (unpaired) electrons. The number of benzene rings is 1. The van der Waals surface area contributed by atoms with Crippen molar-refractivity contribution in [1.82, 2.24) is 15.0 Å². The van der Waals surface area contributed by atoms with Gasteiger partial charge in [0.1, 0.15) is 0 Å². The van der Waals surface area contributed by atoms with Crippen molar-refractivity contribution in [3.8, 4) is 21.8 Å². The minimum absolute atomic E-state index is 0.188. The molecule has 24 heavy (non-hydrogen) atoms. The second kappa shape index (κ2) is 7.07. The lowest BCUT2D eigenvalue weighted by molar-refractivity contribution is 0.0601. The molecule has 0 fully saturated rings. The summed E-state index contributed by atoms with van der Waals surface area (Å²) in [5.74, 6) is -0.380. The lowest BCUT2D eigenvalue weighted by atomic mass is 10.1. The second-order valence-corrected chi connectivity index (χ2v) is 6.34. The van der Waals surface area contributed by atoms with E-state index in [1.165, 1.54) is 7.11 Å². The SMILES string of the molecule is CCc1nc(-c2cccc(C(=O)OC)c2)c(-c2ccnc(Cl)n2)s1. The van der Waals surface area contributed by atoms with Crippen LogP contribution in [0.2, 0.25) is 5.28 Å². The van der Waals surface area contributed by atoms with Crippen LogP contribution < -0.4 is 0 Å². The Morgan fingerprint density at radius 2 is 2.12 bits per heavy atom. The molecule has 3 rings (SSSR count). The third-order valence-electron chi connectivity index (χ3n) is 3.39. The molecule has 2 aromatic heterocycles. The average Bonchev–Trinajstić information content (AvgIpc) is 3.05. The molecule has 0 aliphatic carbocycles. The fraction of sp³-hybridized carbons (Fsp3) is 0.176. The Morgan fingerprint density at radius 3 is 2.83 bits per heavy atom. The van der Waals surface area contributed by atoms with E-state index in [0.717, 1.165) is 27.6 Å². The third-order valence-corrected chi connectivity index (χ3v) is 4.79. The Morgan fingerprint density at radius 1 is 1.29 bits per heavy atom. The van der Waals surface area contributed by atoms with Gasteiger partial charge in [-0.25, -0.2) is 19.7 Å². The lowest BCUT2D eigenvalue weighted by Gasteiger charge is -2.05. The predicted molar refractivity (Wildman–Crippen MR) is 94.3 cm³/mol. The Kier molecular flexibility index (Phi) is 4.87. The maximum absolute atomic E-state index is 11.8. The van der Waals surface area contributed by atoms with Crippen LogP contribution in [-0.2, 0) is 11.2 Å². The quantitative estimate of drug-likeness (QED) is 0.514. The molecule has 7 heteroatoms. The highest BCUT2D eigenvalue weighted by molar-refractivity contribution is 7.15. The molecule has 0 saturated carbocycles. The van der Waals surface area contributed by atoms with Gasteiger partial charge in [-0.2, -0.15) is 0 Å².